The molecule has 2 saturated heterocycles. The van der Waals surface area contributed by atoms with E-state index in [1.807, 2.05) is 35.2 Å². The second kappa shape index (κ2) is 10.1. The average Bonchev–Trinajstić information content (AvgIpc) is 2.82. The number of Topliss-reactive ketones (excluding diaryl/α,β-unsaturated/α-hetero) is 1. The van der Waals surface area contributed by atoms with Gasteiger partial charge in [0.1, 0.15) is 0 Å². The largest absolute Gasteiger partial charge is 0.335 e. The predicted octanol–water partition coefficient (Wildman–Crippen LogP) is 4.26. The minimum Gasteiger partial charge on any atom is -0.335 e. The molecule has 0 radical (unpaired) electrons. The summed E-state index contributed by atoms with van der Waals surface area (Å²) in [5.41, 5.74) is 3.51. The van der Waals surface area contributed by atoms with Gasteiger partial charge in [-0.25, -0.2) is 4.79 Å². The number of likely N-dealkylation sites (tertiary alicyclic amines) is 2. The zero-order chi connectivity index (χ0) is 21.6. The number of carbonyl (C=O) groups is 2. The fraction of sp³-hybridized carbons (Fsp3) is 0.462. The van der Waals surface area contributed by atoms with E-state index in [9.17, 15) is 9.59 Å². The third-order valence-corrected chi connectivity index (χ3v) is 6.78. The summed E-state index contributed by atoms with van der Waals surface area (Å²) in [6.45, 7) is 6.47. The van der Waals surface area contributed by atoms with Crippen molar-refractivity contribution in [3.63, 3.8) is 0 Å². The van der Waals surface area contributed by atoms with Crippen LogP contribution in [0.4, 0.5) is 4.79 Å². The number of carbonyl (C=O) groups excluding carboxylic acids is 2. The number of amides is 2. The van der Waals surface area contributed by atoms with Crippen LogP contribution in [0.25, 0.3) is 0 Å². The third-order valence-electron chi connectivity index (χ3n) is 6.78. The fourth-order valence-corrected chi connectivity index (χ4v) is 4.71. The molecular formula is C26H33N3O2. The maximum Gasteiger partial charge on any atom is 0.317 e. The van der Waals surface area contributed by atoms with Gasteiger partial charge in [-0.05, 0) is 43.7 Å². The summed E-state index contributed by atoms with van der Waals surface area (Å²) in [4.78, 5) is 29.8. The number of hydrogen-bond donors (Lipinski definition) is 1. The molecule has 2 fully saturated rings. The smallest absolute Gasteiger partial charge is 0.317 e. The van der Waals surface area contributed by atoms with Gasteiger partial charge in [0.15, 0.2) is 5.78 Å². The van der Waals surface area contributed by atoms with E-state index in [0.717, 1.165) is 50.9 Å². The van der Waals surface area contributed by atoms with Gasteiger partial charge in [-0.3, -0.25) is 9.69 Å². The molecule has 2 heterocycles. The lowest BCUT2D eigenvalue weighted by Crippen LogP contribution is -2.51. The molecule has 31 heavy (non-hydrogen) atoms. The second-order valence-corrected chi connectivity index (χ2v) is 8.92. The third kappa shape index (κ3) is 5.53. The van der Waals surface area contributed by atoms with Crippen molar-refractivity contribution in [2.45, 2.75) is 45.2 Å². The molecule has 5 heteroatoms. The highest BCUT2D eigenvalue weighted by Crippen LogP contribution is 2.22. The minimum absolute atomic E-state index is 0.0242. The minimum atomic E-state index is 0.0242. The van der Waals surface area contributed by atoms with Crippen LogP contribution in [0.5, 0.6) is 0 Å². The Labute approximate surface area is 185 Å². The molecule has 1 N–H and O–H groups in total. The first-order valence-electron chi connectivity index (χ1n) is 11.5. The van der Waals surface area contributed by atoms with E-state index in [1.54, 1.807) is 0 Å². The van der Waals surface area contributed by atoms with Crippen LogP contribution in [0.1, 0.15) is 47.2 Å². The molecule has 0 atom stereocenters. The molecule has 2 aromatic rings. The van der Waals surface area contributed by atoms with Gasteiger partial charge in [0.2, 0.25) is 0 Å². The molecule has 2 amide bonds. The number of nitrogens with zero attached hydrogens (tertiary/aromatic N) is 2. The number of ketones is 1. The van der Waals surface area contributed by atoms with Crippen LogP contribution in [-0.4, -0.2) is 53.8 Å². The van der Waals surface area contributed by atoms with E-state index in [1.165, 1.54) is 11.1 Å². The van der Waals surface area contributed by atoms with Crippen LogP contribution in [0.15, 0.2) is 54.6 Å². The number of hydrogen-bond acceptors (Lipinski definition) is 3. The molecule has 2 aliphatic rings. The van der Waals surface area contributed by atoms with Crippen molar-refractivity contribution in [2.24, 2.45) is 5.92 Å². The fourth-order valence-electron chi connectivity index (χ4n) is 4.71. The molecular weight excluding hydrogens is 386 g/mol. The molecule has 0 bridgehead atoms. The lowest BCUT2D eigenvalue weighted by Gasteiger charge is -2.36. The zero-order valence-electron chi connectivity index (χ0n) is 18.4. The zero-order valence-corrected chi connectivity index (χ0v) is 18.4. The molecule has 2 aliphatic heterocycles. The highest BCUT2D eigenvalue weighted by atomic mass is 16.2. The van der Waals surface area contributed by atoms with E-state index in [4.69, 9.17) is 0 Å². The Bertz CT molecular complexity index is 883. The van der Waals surface area contributed by atoms with Crippen molar-refractivity contribution in [3.8, 4) is 0 Å². The summed E-state index contributed by atoms with van der Waals surface area (Å²) in [6, 6.07) is 18.3. The monoisotopic (exact) mass is 419 g/mol. The molecule has 0 aromatic heterocycles. The van der Waals surface area contributed by atoms with Gasteiger partial charge in [-0.15, -0.1) is 0 Å². The maximum atomic E-state index is 12.7. The van der Waals surface area contributed by atoms with Crippen LogP contribution in [0.3, 0.4) is 0 Å². The first-order valence-corrected chi connectivity index (χ1v) is 11.5. The standard InChI is InChI=1S/C26H33N3O2/c1-20-7-5-6-10-23(20)19-28-15-13-24(14-16-28)27-26(31)29-17-11-22(12-18-29)25(30)21-8-3-2-4-9-21/h2-10,22,24H,11-19H2,1H3,(H,27,31). The van der Waals surface area contributed by atoms with Gasteiger partial charge in [-0.2, -0.15) is 0 Å². The summed E-state index contributed by atoms with van der Waals surface area (Å²) in [5, 5.41) is 3.24. The molecule has 5 nitrogen and oxygen atoms in total. The highest BCUT2D eigenvalue weighted by molar-refractivity contribution is 5.98. The summed E-state index contributed by atoms with van der Waals surface area (Å²) < 4.78 is 0. The topological polar surface area (TPSA) is 52.7 Å². The van der Waals surface area contributed by atoms with Gasteiger partial charge in [0.05, 0.1) is 0 Å². The molecule has 4 rings (SSSR count). The van der Waals surface area contributed by atoms with Gasteiger partial charge in [0, 0.05) is 50.2 Å². The van der Waals surface area contributed by atoms with Crippen molar-refractivity contribution >= 4 is 11.8 Å². The van der Waals surface area contributed by atoms with Gasteiger partial charge in [0.25, 0.3) is 0 Å². The van der Waals surface area contributed by atoms with Crippen LogP contribution in [-0.2, 0) is 6.54 Å². The van der Waals surface area contributed by atoms with E-state index in [-0.39, 0.29) is 23.8 Å². The predicted molar refractivity (Wildman–Crippen MR) is 123 cm³/mol. The molecule has 0 saturated carbocycles. The molecule has 0 spiro atoms. The van der Waals surface area contributed by atoms with Crippen LogP contribution >= 0.6 is 0 Å². The van der Waals surface area contributed by atoms with Crippen molar-refractivity contribution < 1.29 is 9.59 Å². The summed E-state index contributed by atoms with van der Waals surface area (Å²) in [6.07, 6.45) is 3.47. The van der Waals surface area contributed by atoms with Crippen molar-refractivity contribution in [1.82, 2.24) is 15.1 Å². The molecule has 164 valence electrons. The van der Waals surface area contributed by atoms with Gasteiger partial charge in [-0.1, -0.05) is 54.6 Å². The number of nitrogens with one attached hydrogen (secondary N) is 1. The Balaban J connectivity index is 1.20. The maximum absolute atomic E-state index is 12.7. The number of benzene rings is 2. The Morgan fingerprint density at radius 3 is 2.19 bits per heavy atom. The Hall–Kier alpha value is -2.66. The van der Waals surface area contributed by atoms with Crippen LogP contribution in [0, 0.1) is 12.8 Å². The quantitative estimate of drug-likeness (QED) is 0.737. The molecule has 0 unspecified atom stereocenters. The highest BCUT2D eigenvalue weighted by Gasteiger charge is 2.29. The number of piperidine rings is 2. The second-order valence-electron chi connectivity index (χ2n) is 8.92. The Kier molecular flexibility index (Phi) is 7.03. The molecule has 2 aromatic carbocycles. The Morgan fingerprint density at radius 2 is 1.52 bits per heavy atom. The van der Waals surface area contributed by atoms with Crippen molar-refractivity contribution in [1.29, 1.82) is 0 Å². The molecule has 0 aliphatic carbocycles. The van der Waals surface area contributed by atoms with Gasteiger partial charge >= 0.3 is 6.03 Å². The normalized spacial score (nSPS) is 18.7. The lowest BCUT2D eigenvalue weighted by atomic mass is 9.89. The van der Waals surface area contributed by atoms with Crippen molar-refractivity contribution in [3.05, 3.63) is 71.3 Å². The van der Waals surface area contributed by atoms with Crippen LogP contribution < -0.4 is 5.32 Å². The number of urea groups is 1. The number of rotatable bonds is 5. The van der Waals surface area contributed by atoms with E-state index < -0.39 is 0 Å². The SMILES string of the molecule is Cc1ccccc1CN1CCC(NC(=O)N2CCC(C(=O)c3ccccc3)CC2)CC1. The summed E-state index contributed by atoms with van der Waals surface area (Å²) >= 11 is 0. The first-order chi connectivity index (χ1) is 15.1. The van der Waals surface area contributed by atoms with E-state index >= 15 is 0 Å². The van der Waals surface area contributed by atoms with E-state index in [2.05, 4.69) is 41.4 Å². The first kappa shape index (κ1) is 21.6. The van der Waals surface area contributed by atoms with E-state index in [0.29, 0.717) is 13.1 Å². The number of aryl methyl sites for hydroxylation is 1. The van der Waals surface area contributed by atoms with Crippen LogP contribution in [0.2, 0.25) is 0 Å². The summed E-state index contributed by atoms with van der Waals surface area (Å²) in [5.74, 6) is 0.234. The van der Waals surface area contributed by atoms with Gasteiger partial charge < -0.3 is 10.2 Å². The van der Waals surface area contributed by atoms with Crippen molar-refractivity contribution in [2.75, 3.05) is 26.2 Å². The Morgan fingerprint density at radius 1 is 0.871 bits per heavy atom. The average molecular weight is 420 g/mol. The lowest BCUT2D eigenvalue weighted by molar-refractivity contribution is 0.0851. The summed E-state index contributed by atoms with van der Waals surface area (Å²) in [7, 11) is 0.